The summed E-state index contributed by atoms with van der Waals surface area (Å²) in [7, 11) is 0. The van der Waals surface area contributed by atoms with E-state index >= 15 is 0 Å². The van der Waals surface area contributed by atoms with E-state index in [9.17, 15) is 14.4 Å². The summed E-state index contributed by atoms with van der Waals surface area (Å²) in [5.41, 5.74) is 0. The Kier molecular flexibility index (Phi) is 8.61. The highest BCUT2D eigenvalue weighted by Gasteiger charge is 2.20. The Balaban J connectivity index is 4.12. The molecule has 0 bridgehead atoms. The lowest BCUT2D eigenvalue weighted by Gasteiger charge is -2.15. The number of nitrogens with one attached hydrogen (secondary N) is 1. The standard InChI is InChI=1S/C12H21NO5/c1-4-17-11(15)8-6-7-10(13-9(3)14)12(16)18-5-2/h10H,4-8H2,1-3H3,(H,13,14)/t10-/m0/s1. The first kappa shape index (κ1) is 16.4. The smallest absolute Gasteiger partial charge is 0.328 e. The van der Waals surface area contributed by atoms with Gasteiger partial charge in [-0.2, -0.15) is 0 Å². The Bertz CT molecular complexity index is 290. The highest BCUT2D eigenvalue weighted by atomic mass is 16.5. The van der Waals surface area contributed by atoms with Crippen molar-refractivity contribution >= 4 is 17.8 Å². The molecule has 1 atom stereocenters. The van der Waals surface area contributed by atoms with E-state index in [1.165, 1.54) is 6.92 Å². The summed E-state index contributed by atoms with van der Waals surface area (Å²) in [4.78, 5) is 33.6. The van der Waals surface area contributed by atoms with Crippen LogP contribution >= 0.6 is 0 Å². The molecule has 0 saturated heterocycles. The van der Waals surface area contributed by atoms with Crippen LogP contribution in [0.1, 0.15) is 40.0 Å². The normalized spacial score (nSPS) is 11.5. The Hall–Kier alpha value is -1.59. The molecule has 0 aliphatic carbocycles. The van der Waals surface area contributed by atoms with Crippen LogP contribution in [0.5, 0.6) is 0 Å². The summed E-state index contributed by atoms with van der Waals surface area (Å²) in [6.07, 6.45) is 1.04. The fraction of sp³-hybridized carbons (Fsp3) is 0.750. The van der Waals surface area contributed by atoms with Gasteiger partial charge in [-0.3, -0.25) is 9.59 Å². The second-order valence-electron chi connectivity index (χ2n) is 3.70. The molecule has 6 heteroatoms. The number of esters is 2. The van der Waals surface area contributed by atoms with Gasteiger partial charge in [0.25, 0.3) is 0 Å². The number of hydrogen-bond acceptors (Lipinski definition) is 5. The molecule has 0 heterocycles. The van der Waals surface area contributed by atoms with Gasteiger partial charge in [0.2, 0.25) is 5.91 Å². The zero-order chi connectivity index (χ0) is 14.0. The molecular formula is C12H21NO5. The fourth-order valence-corrected chi connectivity index (χ4v) is 1.42. The van der Waals surface area contributed by atoms with E-state index in [2.05, 4.69) is 5.32 Å². The van der Waals surface area contributed by atoms with E-state index < -0.39 is 12.0 Å². The monoisotopic (exact) mass is 259 g/mol. The minimum atomic E-state index is -0.697. The molecule has 0 radical (unpaired) electrons. The van der Waals surface area contributed by atoms with Crippen molar-refractivity contribution < 1.29 is 23.9 Å². The van der Waals surface area contributed by atoms with Gasteiger partial charge >= 0.3 is 11.9 Å². The largest absolute Gasteiger partial charge is 0.466 e. The zero-order valence-electron chi connectivity index (χ0n) is 11.2. The van der Waals surface area contributed by atoms with Crippen molar-refractivity contribution in [1.29, 1.82) is 0 Å². The van der Waals surface area contributed by atoms with Crippen molar-refractivity contribution in [2.75, 3.05) is 13.2 Å². The van der Waals surface area contributed by atoms with Crippen molar-refractivity contribution in [2.45, 2.75) is 46.1 Å². The maximum atomic E-state index is 11.5. The maximum absolute atomic E-state index is 11.5. The van der Waals surface area contributed by atoms with E-state index in [1.54, 1.807) is 13.8 Å². The van der Waals surface area contributed by atoms with Crippen molar-refractivity contribution in [3.05, 3.63) is 0 Å². The Labute approximate surface area is 107 Å². The first-order valence-electron chi connectivity index (χ1n) is 6.10. The van der Waals surface area contributed by atoms with Gasteiger partial charge in [0.1, 0.15) is 6.04 Å². The number of hydrogen-bond donors (Lipinski definition) is 1. The van der Waals surface area contributed by atoms with Gasteiger partial charge in [-0.05, 0) is 26.7 Å². The average Bonchev–Trinajstić information content (AvgIpc) is 2.28. The summed E-state index contributed by atoms with van der Waals surface area (Å²) in [5, 5.41) is 2.50. The Morgan fingerprint density at radius 2 is 1.72 bits per heavy atom. The van der Waals surface area contributed by atoms with Gasteiger partial charge < -0.3 is 14.8 Å². The second-order valence-corrected chi connectivity index (χ2v) is 3.70. The number of amides is 1. The minimum Gasteiger partial charge on any atom is -0.466 e. The molecule has 0 aliphatic heterocycles. The molecule has 0 aromatic carbocycles. The third-order valence-corrected chi connectivity index (χ3v) is 2.13. The van der Waals surface area contributed by atoms with Crippen LogP contribution in [0.2, 0.25) is 0 Å². The predicted molar refractivity (Wildman–Crippen MR) is 64.7 cm³/mol. The van der Waals surface area contributed by atoms with Crippen LogP contribution in [-0.4, -0.2) is 37.1 Å². The predicted octanol–water partition coefficient (Wildman–Crippen LogP) is 0.788. The van der Waals surface area contributed by atoms with Gasteiger partial charge in [0.05, 0.1) is 13.2 Å². The van der Waals surface area contributed by atoms with Gasteiger partial charge in [-0.1, -0.05) is 0 Å². The molecule has 0 saturated carbocycles. The molecule has 104 valence electrons. The van der Waals surface area contributed by atoms with Crippen LogP contribution in [-0.2, 0) is 23.9 Å². The SMILES string of the molecule is CCOC(=O)CCC[C@H](NC(C)=O)C(=O)OCC. The number of carbonyl (C=O) groups excluding carboxylic acids is 3. The van der Waals surface area contributed by atoms with Crippen molar-refractivity contribution in [3.63, 3.8) is 0 Å². The van der Waals surface area contributed by atoms with Crippen molar-refractivity contribution in [1.82, 2.24) is 5.32 Å². The van der Waals surface area contributed by atoms with E-state index in [0.717, 1.165) is 0 Å². The lowest BCUT2D eigenvalue weighted by molar-refractivity contribution is -0.148. The van der Waals surface area contributed by atoms with E-state index in [1.807, 2.05) is 0 Å². The van der Waals surface area contributed by atoms with E-state index in [-0.39, 0.29) is 24.9 Å². The van der Waals surface area contributed by atoms with Gasteiger partial charge in [-0.15, -0.1) is 0 Å². The summed E-state index contributed by atoms with van der Waals surface area (Å²) in [6, 6.07) is -0.697. The van der Waals surface area contributed by atoms with E-state index in [0.29, 0.717) is 19.4 Å². The summed E-state index contributed by atoms with van der Waals surface area (Å²) in [6.45, 7) is 5.36. The zero-order valence-corrected chi connectivity index (χ0v) is 11.2. The van der Waals surface area contributed by atoms with Crippen molar-refractivity contribution in [2.24, 2.45) is 0 Å². The van der Waals surface area contributed by atoms with Crippen LogP contribution in [0.3, 0.4) is 0 Å². The van der Waals surface area contributed by atoms with Crippen LogP contribution in [0.25, 0.3) is 0 Å². The lowest BCUT2D eigenvalue weighted by Crippen LogP contribution is -2.40. The highest BCUT2D eigenvalue weighted by Crippen LogP contribution is 2.04. The summed E-state index contributed by atoms with van der Waals surface area (Å²) in [5.74, 6) is -1.08. The molecule has 0 aromatic heterocycles. The molecule has 0 spiro atoms. The minimum absolute atomic E-state index is 0.226. The molecule has 6 nitrogen and oxygen atoms in total. The van der Waals surface area contributed by atoms with Crippen LogP contribution in [0, 0.1) is 0 Å². The molecular weight excluding hydrogens is 238 g/mol. The lowest BCUT2D eigenvalue weighted by atomic mass is 10.1. The molecule has 0 rings (SSSR count). The van der Waals surface area contributed by atoms with Gasteiger partial charge in [0.15, 0.2) is 0 Å². The molecule has 1 amide bonds. The number of ether oxygens (including phenoxy) is 2. The molecule has 1 N–H and O–H groups in total. The topological polar surface area (TPSA) is 81.7 Å². The van der Waals surface area contributed by atoms with Crippen molar-refractivity contribution in [3.8, 4) is 0 Å². The number of rotatable bonds is 8. The summed E-state index contributed by atoms with van der Waals surface area (Å²) >= 11 is 0. The molecule has 0 unspecified atom stereocenters. The molecule has 0 fully saturated rings. The highest BCUT2D eigenvalue weighted by molar-refractivity contribution is 5.83. The fourth-order valence-electron chi connectivity index (χ4n) is 1.42. The first-order chi connectivity index (χ1) is 8.51. The average molecular weight is 259 g/mol. The first-order valence-corrected chi connectivity index (χ1v) is 6.10. The number of carbonyl (C=O) groups is 3. The van der Waals surface area contributed by atoms with Gasteiger partial charge in [0, 0.05) is 13.3 Å². The second kappa shape index (κ2) is 9.44. The van der Waals surface area contributed by atoms with Crippen LogP contribution in [0.15, 0.2) is 0 Å². The quantitative estimate of drug-likeness (QED) is 0.652. The van der Waals surface area contributed by atoms with Crippen LogP contribution in [0.4, 0.5) is 0 Å². The van der Waals surface area contributed by atoms with Gasteiger partial charge in [-0.25, -0.2) is 4.79 Å². The van der Waals surface area contributed by atoms with E-state index in [4.69, 9.17) is 9.47 Å². The summed E-state index contributed by atoms with van der Waals surface area (Å²) < 4.78 is 9.61. The maximum Gasteiger partial charge on any atom is 0.328 e. The molecule has 0 aromatic rings. The third kappa shape index (κ3) is 7.65. The Morgan fingerprint density at radius 1 is 1.11 bits per heavy atom. The molecule has 18 heavy (non-hydrogen) atoms. The van der Waals surface area contributed by atoms with Crippen LogP contribution < -0.4 is 5.32 Å². The Morgan fingerprint density at radius 3 is 2.22 bits per heavy atom. The third-order valence-electron chi connectivity index (χ3n) is 2.13. The molecule has 0 aliphatic rings.